The Morgan fingerprint density at radius 1 is 1.50 bits per heavy atom. The first kappa shape index (κ1) is 11.1. The highest BCUT2D eigenvalue weighted by Gasteiger charge is 2.18. The summed E-state index contributed by atoms with van der Waals surface area (Å²) in [7, 11) is 0. The van der Waals surface area contributed by atoms with Gasteiger partial charge in [0.15, 0.2) is 0 Å². The standard InChI is InChI=1S/C12H13FO3/c13-11-6-8(12(14)15)4-5-9(11)7-16-10-2-1-3-10/h4-6,10H,1-3,7H2,(H,14,15). The molecule has 1 aromatic carbocycles. The topological polar surface area (TPSA) is 46.5 Å². The van der Waals surface area contributed by atoms with Crippen molar-refractivity contribution in [2.45, 2.75) is 32.0 Å². The van der Waals surface area contributed by atoms with Gasteiger partial charge in [0.25, 0.3) is 0 Å². The molecule has 3 nitrogen and oxygen atoms in total. The first-order valence-electron chi connectivity index (χ1n) is 5.30. The van der Waals surface area contributed by atoms with E-state index < -0.39 is 11.8 Å². The fourth-order valence-corrected chi connectivity index (χ4v) is 1.54. The first-order chi connectivity index (χ1) is 7.66. The number of aromatic carboxylic acids is 1. The zero-order valence-corrected chi connectivity index (χ0v) is 8.78. The summed E-state index contributed by atoms with van der Waals surface area (Å²) in [5, 5.41) is 8.67. The van der Waals surface area contributed by atoms with E-state index in [0.29, 0.717) is 5.56 Å². The molecule has 0 spiro atoms. The molecular formula is C12H13FO3. The summed E-state index contributed by atoms with van der Waals surface area (Å²) < 4.78 is 18.9. The van der Waals surface area contributed by atoms with E-state index in [1.54, 1.807) is 0 Å². The number of carboxylic acid groups (broad SMARTS) is 1. The summed E-state index contributed by atoms with van der Waals surface area (Å²) in [5.74, 6) is -1.63. The maximum absolute atomic E-state index is 13.4. The van der Waals surface area contributed by atoms with Gasteiger partial charge in [-0.15, -0.1) is 0 Å². The summed E-state index contributed by atoms with van der Waals surface area (Å²) in [6, 6.07) is 3.89. The molecule has 16 heavy (non-hydrogen) atoms. The van der Waals surface area contributed by atoms with Crippen LogP contribution in [0.25, 0.3) is 0 Å². The number of carbonyl (C=O) groups is 1. The zero-order chi connectivity index (χ0) is 11.5. The predicted molar refractivity (Wildman–Crippen MR) is 55.8 cm³/mol. The van der Waals surface area contributed by atoms with E-state index in [0.717, 1.165) is 18.9 Å². The average Bonchev–Trinajstić information content (AvgIpc) is 2.17. The number of hydrogen-bond acceptors (Lipinski definition) is 2. The Bertz CT molecular complexity index is 399. The van der Waals surface area contributed by atoms with E-state index in [1.807, 2.05) is 0 Å². The number of ether oxygens (including phenoxy) is 1. The van der Waals surface area contributed by atoms with Crippen LogP contribution >= 0.6 is 0 Å². The van der Waals surface area contributed by atoms with Crippen molar-refractivity contribution in [3.05, 3.63) is 35.1 Å². The smallest absolute Gasteiger partial charge is 0.335 e. The fourth-order valence-electron chi connectivity index (χ4n) is 1.54. The van der Waals surface area contributed by atoms with Crippen LogP contribution in [-0.4, -0.2) is 17.2 Å². The van der Waals surface area contributed by atoms with Gasteiger partial charge in [-0.25, -0.2) is 9.18 Å². The van der Waals surface area contributed by atoms with Crippen molar-refractivity contribution in [3.63, 3.8) is 0 Å². The lowest BCUT2D eigenvalue weighted by atomic mass is 9.96. The molecule has 4 heteroatoms. The third-order valence-electron chi connectivity index (χ3n) is 2.83. The van der Waals surface area contributed by atoms with Crippen LogP contribution in [-0.2, 0) is 11.3 Å². The number of rotatable bonds is 4. The van der Waals surface area contributed by atoms with Gasteiger partial charge in [0.2, 0.25) is 0 Å². The Kier molecular flexibility index (Phi) is 3.19. The Labute approximate surface area is 92.9 Å². The van der Waals surface area contributed by atoms with Crippen LogP contribution in [0.2, 0.25) is 0 Å². The summed E-state index contributed by atoms with van der Waals surface area (Å²) in [6.07, 6.45) is 3.49. The first-order valence-corrected chi connectivity index (χ1v) is 5.30. The molecule has 1 aliphatic rings. The van der Waals surface area contributed by atoms with E-state index in [4.69, 9.17) is 9.84 Å². The van der Waals surface area contributed by atoms with Crippen LogP contribution in [0, 0.1) is 5.82 Å². The molecule has 0 aliphatic heterocycles. The lowest BCUT2D eigenvalue weighted by Gasteiger charge is -2.25. The molecule has 0 radical (unpaired) electrons. The van der Waals surface area contributed by atoms with Gasteiger partial charge in [-0.1, -0.05) is 6.07 Å². The fraction of sp³-hybridized carbons (Fsp3) is 0.417. The Hall–Kier alpha value is -1.42. The third-order valence-corrected chi connectivity index (χ3v) is 2.83. The minimum absolute atomic E-state index is 0.0371. The zero-order valence-electron chi connectivity index (χ0n) is 8.78. The highest BCUT2D eigenvalue weighted by Crippen LogP contribution is 2.23. The van der Waals surface area contributed by atoms with Crippen LogP contribution in [0.5, 0.6) is 0 Å². The number of halogens is 1. The average molecular weight is 224 g/mol. The normalized spacial score (nSPS) is 15.8. The minimum Gasteiger partial charge on any atom is -0.478 e. The summed E-state index contributed by atoms with van der Waals surface area (Å²) in [5.41, 5.74) is 0.377. The lowest BCUT2D eigenvalue weighted by Crippen LogP contribution is -2.21. The van der Waals surface area contributed by atoms with Crippen molar-refractivity contribution in [2.24, 2.45) is 0 Å². The molecule has 1 aliphatic carbocycles. The van der Waals surface area contributed by atoms with Gasteiger partial charge in [0.05, 0.1) is 18.3 Å². The van der Waals surface area contributed by atoms with Crippen molar-refractivity contribution in [1.29, 1.82) is 0 Å². The van der Waals surface area contributed by atoms with Crippen LogP contribution in [0.4, 0.5) is 4.39 Å². The van der Waals surface area contributed by atoms with E-state index in [2.05, 4.69) is 0 Å². The molecule has 0 saturated heterocycles. The van der Waals surface area contributed by atoms with E-state index >= 15 is 0 Å². The maximum atomic E-state index is 13.4. The molecule has 1 fully saturated rings. The molecular weight excluding hydrogens is 211 g/mol. The van der Waals surface area contributed by atoms with Crippen molar-refractivity contribution < 1.29 is 19.0 Å². The Morgan fingerprint density at radius 2 is 2.25 bits per heavy atom. The second kappa shape index (κ2) is 4.61. The highest BCUT2D eigenvalue weighted by molar-refractivity contribution is 5.87. The van der Waals surface area contributed by atoms with Crippen LogP contribution in [0.1, 0.15) is 35.2 Å². The number of benzene rings is 1. The third kappa shape index (κ3) is 2.39. The number of carboxylic acids is 1. The van der Waals surface area contributed by atoms with Gasteiger partial charge in [-0.05, 0) is 31.4 Å². The Morgan fingerprint density at radius 3 is 2.75 bits per heavy atom. The van der Waals surface area contributed by atoms with Gasteiger partial charge in [0, 0.05) is 5.56 Å². The van der Waals surface area contributed by atoms with Gasteiger partial charge in [-0.3, -0.25) is 0 Å². The van der Waals surface area contributed by atoms with E-state index in [9.17, 15) is 9.18 Å². The molecule has 1 N–H and O–H groups in total. The highest BCUT2D eigenvalue weighted by atomic mass is 19.1. The SMILES string of the molecule is O=C(O)c1ccc(COC2CCC2)c(F)c1. The number of hydrogen-bond donors (Lipinski definition) is 1. The van der Waals surface area contributed by atoms with Crippen LogP contribution in [0.15, 0.2) is 18.2 Å². The molecule has 1 aromatic rings. The molecule has 86 valence electrons. The van der Waals surface area contributed by atoms with Crippen molar-refractivity contribution in [2.75, 3.05) is 0 Å². The molecule has 0 heterocycles. The van der Waals surface area contributed by atoms with Crippen LogP contribution < -0.4 is 0 Å². The monoisotopic (exact) mass is 224 g/mol. The van der Waals surface area contributed by atoms with Gasteiger partial charge < -0.3 is 9.84 Å². The molecule has 0 unspecified atom stereocenters. The van der Waals surface area contributed by atoms with Gasteiger partial charge in [-0.2, -0.15) is 0 Å². The summed E-state index contributed by atoms with van der Waals surface area (Å²) >= 11 is 0. The van der Waals surface area contributed by atoms with Crippen LogP contribution in [0.3, 0.4) is 0 Å². The summed E-state index contributed by atoms with van der Waals surface area (Å²) in [4.78, 5) is 10.6. The quantitative estimate of drug-likeness (QED) is 0.855. The van der Waals surface area contributed by atoms with Gasteiger partial charge in [0.1, 0.15) is 5.82 Å². The molecule has 0 amide bonds. The Balaban J connectivity index is 2.00. The predicted octanol–water partition coefficient (Wildman–Crippen LogP) is 2.59. The maximum Gasteiger partial charge on any atom is 0.335 e. The molecule has 0 bridgehead atoms. The van der Waals surface area contributed by atoms with Crippen molar-refractivity contribution in [3.8, 4) is 0 Å². The van der Waals surface area contributed by atoms with E-state index in [1.165, 1.54) is 18.6 Å². The second-order valence-electron chi connectivity index (χ2n) is 3.98. The van der Waals surface area contributed by atoms with Crippen molar-refractivity contribution in [1.82, 2.24) is 0 Å². The second-order valence-corrected chi connectivity index (χ2v) is 3.98. The minimum atomic E-state index is -1.12. The largest absolute Gasteiger partial charge is 0.478 e. The summed E-state index contributed by atoms with van der Waals surface area (Å²) in [6.45, 7) is 0.219. The molecule has 2 rings (SSSR count). The molecule has 0 aromatic heterocycles. The van der Waals surface area contributed by atoms with Crippen molar-refractivity contribution >= 4 is 5.97 Å². The van der Waals surface area contributed by atoms with Gasteiger partial charge >= 0.3 is 5.97 Å². The molecule has 1 saturated carbocycles. The van der Waals surface area contributed by atoms with E-state index in [-0.39, 0.29) is 18.3 Å². The lowest BCUT2D eigenvalue weighted by molar-refractivity contribution is -0.00977. The molecule has 0 atom stereocenters.